The van der Waals surface area contributed by atoms with Crippen molar-refractivity contribution < 1.29 is 19.4 Å². The van der Waals surface area contributed by atoms with Gasteiger partial charge in [-0.3, -0.25) is 4.79 Å². The van der Waals surface area contributed by atoms with E-state index in [0.29, 0.717) is 18.0 Å². The normalized spacial score (nSPS) is 26.5. The van der Waals surface area contributed by atoms with Crippen LogP contribution in [0, 0.1) is 5.92 Å². The number of likely N-dealkylation sites (N-methyl/N-ethyl adjacent to an activating group) is 1. The standard InChI is InChI=1S/C34H41N3O4/c1-20-28-16-25(41-3)12-14-26(28)32-31(21-7-5-4-6-8-21)27-13-9-22(34(39)40)15-30(27)36(32)19-29(20)33(38)37-23-10-11-24(37)18-35(2)17-23/h9,12-16,20-21,23-24,29H,4-8,10-11,17-19H2,1-3H3,(H,39,40)/t20-,23?,24?,29?/m0/s1. The average molecular weight is 556 g/mol. The molecule has 3 aromatic rings. The highest BCUT2D eigenvalue weighted by Gasteiger charge is 2.46. The Morgan fingerprint density at radius 1 is 0.927 bits per heavy atom. The van der Waals surface area contributed by atoms with Gasteiger partial charge in [0.2, 0.25) is 5.91 Å². The van der Waals surface area contributed by atoms with Crippen LogP contribution in [0.2, 0.25) is 0 Å². The fraction of sp³-hybridized carbons (Fsp3) is 0.529. The molecular weight excluding hydrogens is 514 g/mol. The smallest absolute Gasteiger partial charge is 0.335 e. The lowest BCUT2D eigenvalue weighted by Gasteiger charge is -2.42. The molecule has 4 atom stereocenters. The highest BCUT2D eigenvalue weighted by molar-refractivity contribution is 5.99. The summed E-state index contributed by atoms with van der Waals surface area (Å²) in [7, 11) is 3.86. The van der Waals surface area contributed by atoms with Crippen molar-refractivity contribution in [2.45, 2.75) is 82.3 Å². The van der Waals surface area contributed by atoms with Crippen molar-refractivity contribution >= 4 is 22.8 Å². The minimum absolute atomic E-state index is 0.0107. The second-order valence-corrected chi connectivity index (χ2v) is 12.9. The summed E-state index contributed by atoms with van der Waals surface area (Å²) in [6, 6.07) is 12.5. The Hall–Kier alpha value is -3.32. The monoisotopic (exact) mass is 555 g/mol. The molecule has 3 unspecified atom stereocenters. The summed E-state index contributed by atoms with van der Waals surface area (Å²) in [5.74, 6) is 0.286. The molecule has 4 heterocycles. The number of aromatic carboxylic acids is 1. The van der Waals surface area contributed by atoms with Crippen molar-refractivity contribution in [2.75, 3.05) is 27.2 Å². The van der Waals surface area contributed by atoms with Gasteiger partial charge in [-0.05, 0) is 86.0 Å². The van der Waals surface area contributed by atoms with Crippen LogP contribution < -0.4 is 4.74 Å². The predicted molar refractivity (Wildman–Crippen MR) is 160 cm³/mol. The number of carboxylic acid groups (broad SMARTS) is 1. The van der Waals surface area contributed by atoms with Crippen LogP contribution in [0.1, 0.15) is 85.2 Å². The van der Waals surface area contributed by atoms with E-state index in [-0.39, 0.29) is 29.8 Å². The Kier molecular flexibility index (Phi) is 6.61. The Labute approximate surface area is 242 Å². The lowest BCUT2D eigenvalue weighted by Crippen LogP contribution is -2.56. The van der Waals surface area contributed by atoms with Gasteiger partial charge in [0.15, 0.2) is 0 Å². The van der Waals surface area contributed by atoms with Crippen LogP contribution in [0.25, 0.3) is 22.2 Å². The molecule has 2 bridgehead atoms. The van der Waals surface area contributed by atoms with E-state index in [4.69, 9.17) is 4.74 Å². The molecule has 7 rings (SSSR count). The number of fused-ring (bicyclic) bond motifs is 7. The molecule has 216 valence electrons. The van der Waals surface area contributed by atoms with Crippen molar-refractivity contribution in [1.82, 2.24) is 14.4 Å². The number of nitrogens with zero attached hydrogens (tertiary/aromatic N) is 3. The van der Waals surface area contributed by atoms with E-state index >= 15 is 0 Å². The van der Waals surface area contributed by atoms with Gasteiger partial charge in [0, 0.05) is 48.2 Å². The predicted octanol–water partition coefficient (Wildman–Crippen LogP) is 6.10. The number of piperazine rings is 1. The first-order valence-electron chi connectivity index (χ1n) is 15.4. The van der Waals surface area contributed by atoms with Crippen LogP contribution >= 0.6 is 0 Å². The number of carboxylic acids is 1. The minimum atomic E-state index is -0.921. The number of hydrogen-bond donors (Lipinski definition) is 1. The topological polar surface area (TPSA) is 75.0 Å². The first-order valence-corrected chi connectivity index (χ1v) is 15.4. The van der Waals surface area contributed by atoms with E-state index in [1.807, 2.05) is 18.2 Å². The zero-order valence-electron chi connectivity index (χ0n) is 24.4. The molecule has 3 fully saturated rings. The van der Waals surface area contributed by atoms with E-state index in [1.54, 1.807) is 13.2 Å². The third-order valence-electron chi connectivity index (χ3n) is 10.6. The molecular formula is C34H41N3O4. The molecule has 7 heteroatoms. The third kappa shape index (κ3) is 4.27. The van der Waals surface area contributed by atoms with Gasteiger partial charge < -0.3 is 24.2 Å². The maximum Gasteiger partial charge on any atom is 0.335 e. The summed E-state index contributed by atoms with van der Waals surface area (Å²) < 4.78 is 8.02. The zero-order valence-corrected chi connectivity index (χ0v) is 24.4. The van der Waals surface area contributed by atoms with Gasteiger partial charge in [-0.25, -0.2) is 4.79 Å². The maximum absolute atomic E-state index is 14.6. The zero-order chi connectivity index (χ0) is 28.4. The Morgan fingerprint density at radius 3 is 2.34 bits per heavy atom. The van der Waals surface area contributed by atoms with Gasteiger partial charge in [-0.1, -0.05) is 32.3 Å². The SMILES string of the molecule is COc1ccc2c(c1)[C@H](C)C(C(=O)N1C3CCC1CN(C)C3)Cn1c-2c(C2CCCCC2)c2ccc(C(=O)O)cc21. The molecule has 3 aliphatic heterocycles. The van der Waals surface area contributed by atoms with E-state index in [9.17, 15) is 14.7 Å². The van der Waals surface area contributed by atoms with Crippen molar-refractivity contribution in [2.24, 2.45) is 5.92 Å². The average Bonchev–Trinajstić information content (AvgIpc) is 3.41. The number of carbonyl (C=O) groups excluding carboxylic acids is 1. The number of ether oxygens (including phenoxy) is 1. The van der Waals surface area contributed by atoms with Crippen LogP contribution in [0.5, 0.6) is 5.75 Å². The van der Waals surface area contributed by atoms with Gasteiger partial charge in [0.1, 0.15) is 5.75 Å². The number of hydrogen-bond acceptors (Lipinski definition) is 4. The second-order valence-electron chi connectivity index (χ2n) is 12.9. The first kappa shape index (κ1) is 26.6. The van der Waals surface area contributed by atoms with Gasteiger partial charge in [-0.15, -0.1) is 0 Å². The number of amides is 1. The summed E-state index contributed by atoms with van der Waals surface area (Å²) in [6.07, 6.45) is 8.10. The molecule has 1 aromatic heterocycles. The van der Waals surface area contributed by atoms with Crippen LogP contribution in [-0.2, 0) is 11.3 Å². The molecule has 1 saturated carbocycles. The van der Waals surface area contributed by atoms with Gasteiger partial charge in [0.05, 0.1) is 24.3 Å². The molecule has 7 nitrogen and oxygen atoms in total. The van der Waals surface area contributed by atoms with Crippen LogP contribution in [0.15, 0.2) is 36.4 Å². The number of rotatable bonds is 4. The third-order valence-corrected chi connectivity index (χ3v) is 10.6. The summed E-state index contributed by atoms with van der Waals surface area (Å²) >= 11 is 0. The number of methoxy groups -OCH3 is 1. The van der Waals surface area contributed by atoms with Crippen molar-refractivity contribution in [1.29, 1.82) is 0 Å². The van der Waals surface area contributed by atoms with Crippen molar-refractivity contribution in [3.63, 3.8) is 0 Å². The molecule has 1 aliphatic carbocycles. The molecule has 1 amide bonds. The van der Waals surface area contributed by atoms with Gasteiger partial charge in [0.25, 0.3) is 0 Å². The molecule has 0 radical (unpaired) electrons. The fourth-order valence-corrected chi connectivity index (χ4v) is 8.58. The summed E-state index contributed by atoms with van der Waals surface area (Å²) in [5, 5.41) is 11.1. The molecule has 0 spiro atoms. The maximum atomic E-state index is 14.6. The van der Waals surface area contributed by atoms with Crippen LogP contribution in [0.3, 0.4) is 0 Å². The van der Waals surface area contributed by atoms with Crippen molar-refractivity contribution in [3.05, 3.63) is 53.1 Å². The number of carbonyl (C=O) groups is 2. The highest BCUT2D eigenvalue weighted by atomic mass is 16.5. The van der Waals surface area contributed by atoms with E-state index < -0.39 is 5.97 Å². The lowest BCUT2D eigenvalue weighted by molar-refractivity contribution is -0.142. The number of benzene rings is 2. The largest absolute Gasteiger partial charge is 0.497 e. The lowest BCUT2D eigenvalue weighted by atomic mass is 9.79. The molecule has 4 aliphatic rings. The summed E-state index contributed by atoms with van der Waals surface area (Å²) in [6.45, 7) is 4.61. The molecule has 1 N–H and O–H groups in total. The van der Waals surface area contributed by atoms with Crippen LogP contribution in [-0.4, -0.2) is 70.7 Å². The van der Waals surface area contributed by atoms with Crippen LogP contribution in [0.4, 0.5) is 0 Å². The Bertz CT molecular complexity index is 1510. The van der Waals surface area contributed by atoms with E-state index in [2.05, 4.69) is 40.5 Å². The fourth-order valence-electron chi connectivity index (χ4n) is 8.58. The minimum Gasteiger partial charge on any atom is -0.497 e. The number of aromatic nitrogens is 1. The summed E-state index contributed by atoms with van der Waals surface area (Å²) in [4.78, 5) is 31.3. The van der Waals surface area contributed by atoms with E-state index in [1.165, 1.54) is 30.5 Å². The number of likely N-dealkylation sites (tertiary alicyclic amines) is 1. The van der Waals surface area contributed by atoms with Gasteiger partial charge in [-0.2, -0.15) is 0 Å². The molecule has 41 heavy (non-hydrogen) atoms. The first-order chi connectivity index (χ1) is 19.9. The Balaban J connectivity index is 1.45. The quantitative estimate of drug-likeness (QED) is 0.421. The van der Waals surface area contributed by atoms with Gasteiger partial charge >= 0.3 is 5.97 Å². The highest BCUT2D eigenvalue weighted by Crippen LogP contribution is 2.50. The van der Waals surface area contributed by atoms with Crippen molar-refractivity contribution in [3.8, 4) is 17.0 Å². The second kappa shape index (κ2) is 10.2. The molecule has 2 saturated heterocycles. The molecule has 2 aromatic carbocycles. The van der Waals surface area contributed by atoms with E-state index in [0.717, 1.165) is 66.6 Å². The summed E-state index contributed by atoms with van der Waals surface area (Å²) in [5.41, 5.74) is 6.05. The Morgan fingerprint density at radius 2 is 1.66 bits per heavy atom.